The highest BCUT2D eigenvalue weighted by Crippen LogP contribution is 2.42. The molecule has 2 aliphatic rings. The Balaban J connectivity index is 1.41. The summed E-state index contributed by atoms with van der Waals surface area (Å²) >= 11 is 0. The Bertz CT molecular complexity index is 1210. The van der Waals surface area contributed by atoms with E-state index >= 15 is 0 Å². The molecule has 2 saturated heterocycles. The highest BCUT2D eigenvalue weighted by Gasteiger charge is 2.50. The first-order valence-electron chi connectivity index (χ1n) is 11.6. The van der Waals surface area contributed by atoms with Gasteiger partial charge in [-0.1, -0.05) is 72.8 Å². The van der Waals surface area contributed by atoms with Crippen molar-refractivity contribution in [1.82, 2.24) is 9.21 Å². The van der Waals surface area contributed by atoms with Gasteiger partial charge in [-0.25, -0.2) is 8.42 Å². The number of aryl methyl sites for hydroxylation is 1. The van der Waals surface area contributed by atoms with Gasteiger partial charge in [0.05, 0.1) is 4.90 Å². The second-order valence-corrected chi connectivity index (χ2v) is 11.0. The Kier molecular flexibility index (Phi) is 6.10. The highest BCUT2D eigenvalue weighted by molar-refractivity contribution is 7.89. The molecule has 0 saturated carbocycles. The molecule has 3 aromatic carbocycles. The summed E-state index contributed by atoms with van der Waals surface area (Å²) in [6, 6.07) is 25.7. The van der Waals surface area contributed by atoms with Crippen LogP contribution in [-0.2, 0) is 10.0 Å². The van der Waals surface area contributed by atoms with Crippen molar-refractivity contribution in [3.63, 3.8) is 0 Å². The maximum atomic E-state index is 13.5. The smallest absolute Gasteiger partial charge is 0.243 e. The number of benzene rings is 3. The minimum atomic E-state index is -3.60. The molecule has 0 unspecified atom stereocenters. The average molecular weight is 463 g/mol. The summed E-state index contributed by atoms with van der Waals surface area (Å²) in [4.78, 5) is 2.44. The summed E-state index contributed by atoms with van der Waals surface area (Å²) in [5, 5.41) is 11.0. The van der Waals surface area contributed by atoms with E-state index in [1.807, 2.05) is 37.3 Å². The van der Waals surface area contributed by atoms with Crippen molar-refractivity contribution in [3.8, 4) is 11.1 Å². The molecular formula is C27H30N2O3S. The molecule has 2 fully saturated rings. The average Bonchev–Trinajstić information content (AvgIpc) is 2.81. The maximum absolute atomic E-state index is 13.5. The Morgan fingerprint density at radius 1 is 0.818 bits per heavy atom. The number of rotatable bonds is 4. The van der Waals surface area contributed by atoms with E-state index in [2.05, 4.69) is 41.3 Å². The maximum Gasteiger partial charge on any atom is 0.243 e. The monoisotopic (exact) mass is 462 g/mol. The fraction of sp³-hybridized carbons (Fsp3) is 0.333. The van der Waals surface area contributed by atoms with Crippen molar-refractivity contribution < 1.29 is 13.5 Å². The molecule has 1 N–H and O–H groups in total. The van der Waals surface area contributed by atoms with Gasteiger partial charge < -0.3 is 5.11 Å². The van der Waals surface area contributed by atoms with Crippen LogP contribution in [0.3, 0.4) is 0 Å². The van der Waals surface area contributed by atoms with Crippen LogP contribution in [0.5, 0.6) is 0 Å². The third-order valence-electron chi connectivity index (χ3n) is 7.08. The lowest BCUT2D eigenvalue weighted by Crippen LogP contribution is -2.66. The molecule has 0 radical (unpaired) electrons. The molecule has 5 nitrogen and oxygen atoms in total. The first-order chi connectivity index (χ1) is 16.0. The molecule has 5 rings (SSSR count). The second kappa shape index (κ2) is 9.03. The number of hydrogen-bond acceptors (Lipinski definition) is 4. The van der Waals surface area contributed by atoms with E-state index in [9.17, 15) is 13.5 Å². The molecule has 3 atom stereocenters. The van der Waals surface area contributed by atoms with Crippen molar-refractivity contribution in [2.45, 2.75) is 42.8 Å². The first kappa shape index (κ1) is 22.3. The minimum absolute atomic E-state index is 0.0401. The molecule has 0 amide bonds. The minimum Gasteiger partial charge on any atom is -0.378 e. The van der Waals surface area contributed by atoms with E-state index in [0.717, 1.165) is 41.6 Å². The van der Waals surface area contributed by atoms with Gasteiger partial charge in [0.1, 0.15) is 6.23 Å². The van der Waals surface area contributed by atoms with E-state index in [0.29, 0.717) is 18.0 Å². The van der Waals surface area contributed by atoms with Crippen LogP contribution in [0, 0.1) is 6.92 Å². The van der Waals surface area contributed by atoms with Gasteiger partial charge in [0.25, 0.3) is 0 Å². The van der Waals surface area contributed by atoms with Gasteiger partial charge in [-0.05, 0) is 48.1 Å². The van der Waals surface area contributed by atoms with Crippen molar-refractivity contribution in [1.29, 1.82) is 0 Å². The van der Waals surface area contributed by atoms with Crippen LogP contribution in [0.4, 0.5) is 0 Å². The zero-order valence-electron chi connectivity index (χ0n) is 18.8. The Morgan fingerprint density at radius 2 is 1.45 bits per heavy atom. The van der Waals surface area contributed by atoms with Crippen LogP contribution in [0.15, 0.2) is 83.8 Å². The Hall–Kier alpha value is -2.51. The molecule has 3 aromatic rings. The summed E-state index contributed by atoms with van der Waals surface area (Å²) in [7, 11) is -3.60. The van der Waals surface area contributed by atoms with Gasteiger partial charge in [-0.15, -0.1) is 0 Å². The van der Waals surface area contributed by atoms with Crippen molar-refractivity contribution in [2.75, 3.05) is 19.6 Å². The lowest BCUT2D eigenvalue weighted by Gasteiger charge is -2.55. The molecule has 0 aliphatic carbocycles. The third-order valence-corrected chi connectivity index (χ3v) is 9.11. The van der Waals surface area contributed by atoms with Crippen molar-refractivity contribution in [2.24, 2.45) is 0 Å². The van der Waals surface area contributed by atoms with Gasteiger partial charge in [0.15, 0.2) is 0 Å². The summed E-state index contributed by atoms with van der Waals surface area (Å²) in [6.07, 6.45) is 1.07. The molecule has 2 heterocycles. The standard InChI is InChI=1S/C27H30N2O3S/c1-20-9-5-6-12-25(20)33(31,32)28-17-7-8-18-29-24(19-28)26(27(29)30)23-15-13-22(14-16-23)21-10-3-2-4-11-21/h2-6,9-16,24,26-27,30H,7-8,17-19H2,1H3/t24-,26-,27+/m0/s1. The summed E-state index contributed by atoms with van der Waals surface area (Å²) in [5.41, 5.74) is 4.10. The fourth-order valence-corrected chi connectivity index (χ4v) is 6.95. The zero-order chi connectivity index (χ0) is 23.0. The summed E-state index contributed by atoms with van der Waals surface area (Å²) in [6.45, 7) is 3.53. The molecule has 0 spiro atoms. The topological polar surface area (TPSA) is 60.9 Å². The van der Waals surface area contributed by atoms with E-state index < -0.39 is 16.3 Å². The summed E-state index contributed by atoms with van der Waals surface area (Å²) in [5.74, 6) is -0.109. The first-order valence-corrected chi connectivity index (χ1v) is 13.1. The quantitative estimate of drug-likeness (QED) is 0.630. The van der Waals surface area contributed by atoms with E-state index in [1.54, 1.807) is 16.4 Å². The summed E-state index contributed by atoms with van der Waals surface area (Å²) < 4.78 is 28.7. The number of hydrogen-bond donors (Lipinski definition) is 1. The predicted octanol–water partition coefficient (Wildman–Crippen LogP) is 4.23. The number of aliphatic hydroxyl groups is 1. The van der Waals surface area contributed by atoms with E-state index in [1.165, 1.54) is 0 Å². The van der Waals surface area contributed by atoms with Gasteiger partial charge in [-0.3, -0.25) is 4.90 Å². The van der Waals surface area contributed by atoms with Crippen LogP contribution in [0.1, 0.15) is 29.9 Å². The van der Waals surface area contributed by atoms with Crippen LogP contribution < -0.4 is 0 Å². The Labute approximate surface area is 196 Å². The lowest BCUT2D eigenvalue weighted by atomic mass is 9.79. The number of fused-ring (bicyclic) bond motifs is 1. The molecular weight excluding hydrogens is 432 g/mol. The van der Waals surface area contributed by atoms with Crippen LogP contribution in [-0.4, -0.2) is 54.6 Å². The lowest BCUT2D eigenvalue weighted by molar-refractivity contribution is -0.148. The van der Waals surface area contributed by atoms with E-state index in [4.69, 9.17) is 0 Å². The van der Waals surface area contributed by atoms with Gasteiger partial charge in [0.2, 0.25) is 10.0 Å². The molecule has 172 valence electrons. The normalized spacial score (nSPS) is 24.4. The van der Waals surface area contributed by atoms with Crippen LogP contribution in [0.25, 0.3) is 11.1 Å². The SMILES string of the molecule is Cc1ccccc1S(=O)(=O)N1CCCCN2[C@H](O)[C@@H](c3ccc(-c4ccccc4)cc3)[C@@H]2C1. The van der Waals surface area contributed by atoms with Crippen molar-refractivity contribution >= 4 is 10.0 Å². The number of aliphatic hydroxyl groups excluding tert-OH is 1. The highest BCUT2D eigenvalue weighted by atomic mass is 32.2. The molecule has 0 aromatic heterocycles. The number of nitrogens with zero attached hydrogens (tertiary/aromatic N) is 2. The van der Waals surface area contributed by atoms with Crippen LogP contribution in [0.2, 0.25) is 0 Å². The predicted molar refractivity (Wildman–Crippen MR) is 130 cm³/mol. The molecule has 2 aliphatic heterocycles. The Morgan fingerprint density at radius 3 is 2.18 bits per heavy atom. The molecule has 33 heavy (non-hydrogen) atoms. The van der Waals surface area contributed by atoms with Crippen molar-refractivity contribution in [3.05, 3.63) is 90.0 Å². The van der Waals surface area contributed by atoms with Gasteiger partial charge in [0, 0.05) is 31.6 Å². The third kappa shape index (κ3) is 4.13. The van der Waals surface area contributed by atoms with Gasteiger partial charge >= 0.3 is 0 Å². The largest absolute Gasteiger partial charge is 0.378 e. The van der Waals surface area contributed by atoms with E-state index in [-0.39, 0.29) is 12.0 Å². The fourth-order valence-electron chi connectivity index (χ4n) is 5.23. The molecule has 0 bridgehead atoms. The molecule has 6 heteroatoms. The van der Waals surface area contributed by atoms with Gasteiger partial charge in [-0.2, -0.15) is 4.31 Å². The zero-order valence-corrected chi connectivity index (χ0v) is 19.7. The second-order valence-electron chi connectivity index (χ2n) is 9.07. The van der Waals surface area contributed by atoms with Crippen LogP contribution >= 0.6 is 0 Å². The number of sulfonamides is 1.